The summed E-state index contributed by atoms with van der Waals surface area (Å²) in [5.41, 5.74) is 12.5. The van der Waals surface area contributed by atoms with Crippen molar-refractivity contribution in [3.63, 3.8) is 0 Å². The number of imidazole rings is 1. The predicted octanol–water partition coefficient (Wildman–Crippen LogP) is 16.0. The third kappa shape index (κ3) is 8.17. The number of hydrogen-bond donors (Lipinski definition) is 1. The first-order valence-electron chi connectivity index (χ1n) is 24.5. The van der Waals surface area contributed by atoms with Gasteiger partial charge in [-0.3, -0.25) is 9.55 Å². The van der Waals surface area contributed by atoms with Gasteiger partial charge in [-0.25, -0.2) is 4.98 Å². The summed E-state index contributed by atoms with van der Waals surface area (Å²) in [5.74, 6) is 0.725. The molecule has 64 heavy (non-hydrogen) atoms. The highest BCUT2D eigenvalue weighted by atomic mass is 16.3. The highest BCUT2D eigenvalue weighted by Gasteiger charge is 2.30. The summed E-state index contributed by atoms with van der Waals surface area (Å²) in [6.45, 7) is 19.5. The minimum atomic E-state index is -0.455. The molecule has 0 amide bonds. The second-order valence-corrected chi connectivity index (χ2v) is 19.8. The standard InChI is InChI=1S/C60H57N3O/c1-58(2,3)46-28-29-53(49(36-46)41-24-17-12-18-25-41)63-54-27-19-26-48(55(54)62-57(63)50-37-47(59(4,5)6)38-51(56(50)64)60(7,8)9)44-32-43(40-22-15-11-16-23-40)33-45(34-44)52-35-42(30-31-61-52)39-20-13-10-14-21-39/h10-38,64H,1-9H3/i11D,15D,16D,22D,23D. The fourth-order valence-electron chi connectivity index (χ4n) is 8.48. The molecular weight excluding hydrogens is 779 g/mol. The minimum absolute atomic E-state index is 0.0896. The Morgan fingerprint density at radius 3 is 1.80 bits per heavy atom. The second kappa shape index (κ2) is 16.3. The van der Waals surface area contributed by atoms with Crippen LogP contribution in [-0.2, 0) is 16.2 Å². The monoisotopic (exact) mass is 840 g/mol. The van der Waals surface area contributed by atoms with Gasteiger partial charge in [-0.15, -0.1) is 0 Å². The maximum atomic E-state index is 12.6. The lowest BCUT2D eigenvalue weighted by atomic mass is 9.79. The normalized spacial score (nSPS) is 13.3. The van der Waals surface area contributed by atoms with E-state index in [0.717, 1.165) is 50.1 Å². The average molecular weight is 841 g/mol. The molecule has 1 N–H and O–H groups in total. The molecule has 0 atom stereocenters. The van der Waals surface area contributed by atoms with E-state index < -0.39 is 23.5 Å². The lowest BCUT2D eigenvalue weighted by molar-refractivity contribution is 0.446. The molecule has 0 saturated carbocycles. The van der Waals surface area contributed by atoms with Gasteiger partial charge in [0.25, 0.3) is 0 Å². The van der Waals surface area contributed by atoms with Crippen molar-refractivity contribution in [2.45, 2.75) is 78.6 Å². The summed E-state index contributed by atoms with van der Waals surface area (Å²) in [7, 11) is 0. The highest BCUT2D eigenvalue weighted by molar-refractivity contribution is 5.98. The number of rotatable bonds is 7. The quantitative estimate of drug-likeness (QED) is 0.174. The average Bonchev–Trinajstić information content (AvgIpc) is 3.71. The van der Waals surface area contributed by atoms with Gasteiger partial charge in [0.1, 0.15) is 11.6 Å². The Bertz CT molecular complexity index is 3420. The Balaban J connectivity index is 1.40. The van der Waals surface area contributed by atoms with E-state index in [1.165, 1.54) is 5.56 Å². The van der Waals surface area contributed by atoms with Crippen LogP contribution >= 0.6 is 0 Å². The topological polar surface area (TPSA) is 50.9 Å². The highest BCUT2D eigenvalue weighted by Crippen LogP contribution is 2.46. The van der Waals surface area contributed by atoms with E-state index >= 15 is 0 Å². The third-order valence-electron chi connectivity index (χ3n) is 12.1. The van der Waals surface area contributed by atoms with Crippen molar-refractivity contribution in [3.05, 3.63) is 193 Å². The molecule has 9 rings (SSSR count). The van der Waals surface area contributed by atoms with Crippen LogP contribution in [0.3, 0.4) is 0 Å². The number of phenolic OH excluding ortho intramolecular Hbond substituents is 1. The van der Waals surface area contributed by atoms with E-state index in [2.05, 4.69) is 115 Å². The summed E-state index contributed by atoms with van der Waals surface area (Å²) in [6, 6.07) is 45.2. The number of hydrogen-bond acceptors (Lipinski definition) is 3. The number of aromatic nitrogens is 3. The van der Waals surface area contributed by atoms with Gasteiger partial charge in [-0.05, 0) is 115 Å². The van der Waals surface area contributed by atoms with Gasteiger partial charge in [0, 0.05) is 28.5 Å². The molecule has 318 valence electrons. The summed E-state index contributed by atoms with van der Waals surface area (Å²) in [5, 5.41) is 12.6. The fraction of sp³-hybridized carbons (Fsp3) is 0.200. The molecule has 0 saturated heterocycles. The Morgan fingerprint density at radius 1 is 0.484 bits per heavy atom. The van der Waals surface area contributed by atoms with Crippen LogP contribution in [0.2, 0.25) is 0 Å². The molecule has 9 aromatic rings. The predicted molar refractivity (Wildman–Crippen MR) is 269 cm³/mol. The third-order valence-corrected chi connectivity index (χ3v) is 12.1. The van der Waals surface area contributed by atoms with Crippen LogP contribution in [-0.4, -0.2) is 19.6 Å². The molecule has 0 radical (unpaired) electrons. The van der Waals surface area contributed by atoms with E-state index in [0.29, 0.717) is 39.3 Å². The number of phenols is 1. The number of benzene rings is 7. The Morgan fingerprint density at radius 2 is 1.12 bits per heavy atom. The maximum Gasteiger partial charge on any atom is 0.149 e. The van der Waals surface area contributed by atoms with Crippen molar-refractivity contribution >= 4 is 11.0 Å². The van der Waals surface area contributed by atoms with Crippen LogP contribution in [0.5, 0.6) is 5.75 Å². The zero-order valence-corrected chi connectivity index (χ0v) is 38.1. The Kier molecular flexibility index (Phi) is 9.26. The van der Waals surface area contributed by atoms with Crippen molar-refractivity contribution in [1.82, 2.24) is 14.5 Å². The molecule has 0 aliphatic carbocycles. The zero-order valence-electron chi connectivity index (χ0n) is 43.1. The molecule has 0 aliphatic heterocycles. The van der Waals surface area contributed by atoms with Gasteiger partial charge in [0.05, 0.1) is 34.8 Å². The Hall–Kier alpha value is -7.04. The molecule has 2 aromatic heterocycles. The second-order valence-electron chi connectivity index (χ2n) is 19.8. The number of pyridine rings is 1. The number of nitrogens with zero attached hydrogens (tertiary/aromatic N) is 3. The van der Waals surface area contributed by atoms with Crippen LogP contribution in [0.4, 0.5) is 0 Å². The minimum Gasteiger partial charge on any atom is -0.507 e. The summed E-state index contributed by atoms with van der Waals surface area (Å²) in [4.78, 5) is 10.5. The molecule has 7 aromatic carbocycles. The first kappa shape index (κ1) is 36.4. The van der Waals surface area contributed by atoms with Gasteiger partial charge in [-0.1, -0.05) is 177 Å². The van der Waals surface area contributed by atoms with Crippen LogP contribution in [0, 0.1) is 0 Å². The lowest BCUT2D eigenvalue weighted by Gasteiger charge is -2.28. The molecule has 4 nitrogen and oxygen atoms in total. The van der Waals surface area contributed by atoms with E-state index in [1.54, 1.807) is 6.20 Å². The lowest BCUT2D eigenvalue weighted by Crippen LogP contribution is -2.17. The fourth-order valence-corrected chi connectivity index (χ4v) is 8.48. The number of fused-ring (bicyclic) bond motifs is 1. The van der Waals surface area contributed by atoms with Crippen molar-refractivity contribution in [3.8, 4) is 78.6 Å². The Labute approximate surface area is 386 Å². The van der Waals surface area contributed by atoms with Crippen LogP contribution in [0.25, 0.3) is 83.9 Å². The molecule has 0 aliphatic rings. The summed E-state index contributed by atoms with van der Waals surface area (Å²) in [6.07, 6.45) is 1.77. The maximum absolute atomic E-state index is 12.6. The SMILES string of the molecule is [2H]c1c([2H])c([2H])c(-c2cc(-c3cc(-c4ccccc4)ccn3)cc(-c3cccc4c3nc(-c3cc(C(C)(C)C)cc(C(C)(C)C)c3O)n4-c3ccc(C(C)(C)C)cc3-c3ccccc3)c2)c([2H])c1[2H]. The molecule has 0 unspecified atom stereocenters. The number of para-hydroxylation sites is 1. The molecule has 4 heteroatoms. The smallest absolute Gasteiger partial charge is 0.149 e. The first-order valence-corrected chi connectivity index (χ1v) is 22.0. The van der Waals surface area contributed by atoms with E-state index in [9.17, 15) is 5.11 Å². The van der Waals surface area contributed by atoms with Gasteiger partial charge in [0.2, 0.25) is 0 Å². The van der Waals surface area contributed by atoms with E-state index in [-0.39, 0.29) is 34.2 Å². The van der Waals surface area contributed by atoms with Gasteiger partial charge >= 0.3 is 0 Å². The van der Waals surface area contributed by atoms with Crippen LogP contribution in [0.15, 0.2) is 176 Å². The van der Waals surface area contributed by atoms with Crippen molar-refractivity contribution in [2.24, 2.45) is 0 Å². The van der Waals surface area contributed by atoms with Gasteiger partial charge in [-0.2, -0.15) is 0 Å². The first-order chi connectivity index (χ1) is 32.6. The van der Waals surface area contributed by atoms with E-state index in [4.69, 9.17) is 16.8 Å². The van der Waals surface area contributed by atoms with Crippen molar-refractivity contribution in [2.75, 3.05) is 0 Å². The van der Waals surface area contributed by atoms with E-state index in [1.807, 2.05) is 91.0 Å². The van der Waals surface area contributed by atoms with Crippen LogP contribution < -0.4 is 0 Å². The number of aromatic hydroxyl groups is 1. The molecule has 0 spiro atoms. The molecule has 0 bridgehead atoms. The summed E-state index contributed by atoms with van der Waals surface area (Å²) >= 11 is 0. The van der Waals surface area contributed by atoms with Crippen LogP contribution in [0.1, 0.15) is 85.9 Å². The molecule has 0 fully saturated rings. The largest absolute Gasteiger partial charge is 0.507 e. The molecule has 2 heterocycles. The van der Waals surface area contributed by atoms with Gasteiger partial charge < -0.3 is 5.11 Å². The van der Waals surface area contributed by atoms with Crippen molar-refractivity contribution < 1.29 is 12.0 Å². The summed E-state index contributed by atoms with van der Waals surface area (Å²) < 4.78 is 46.0. The molecular formula is C60H57N3O. The van der Waals surface area contributed by atoms with Gasteiger partial charge in [0.15, 0.2) is 0 Å². The zero-order chi connectivity index (χ0) is 49.3. The van der Waals surface area contributed by atoms with Crippen molar-refractivity contribution in [1.29, 1.82) is 0 Å².